The van der Waals surface area contributed by atoms with E-state index < -0.39 is 30.8 Å². The van der Waals surface area contributed by atoms with Crippen molar-refractivity contribution in [1.82, 2.24) is 74.8 Å². The maximum Gasteiger partial charge on any atom is 0.373 e. The molecular formula is C111H129BN16O14. The summed E-state index contributed by atoms with van der Waals surface area (Å²) in [6, 6.07) is 17.9. The third-order valence-corrected chi connectivity index (χ3v) is 29.6. The summed E-state index contributed by atoms with van der Waals surface area (Å²) >= 11 is 0. The van der Waals surface area contributed by atoms with E-state index in [0.717, 1.165) is 183 Å². The Labute approximate surface area is 827 Å². The Morgan fingerprint density at radius 3 is 1.02 bits per heavy atom. The molecule has 0 aliphatic carbocycles. The number of methoxy groups -OCH3 is 3. The predicted molar refractivity (Wildman–Crippen MR) is 559 cm³/mol. The van der Waals surface area contributed by atoms with Gasteiger partial charge in [0.1, 0.15) is 5.56 Å². The van der Waals surface area contributed by atoms with Gasteiger partial charge >= 0.3 is 36.9 Å². The first-order chi connectivity index (χ1) is 67.0. The number of ether oxygens (including phenoxy) is 4. The van der Waals surface area contributed by atoms with Gasteiger partial charge in [-0.15, -0.1) is 0 Å². The number of imide groups is 2. The van der Waals surface area contributed by atoms with E-state index in [2.05, 4.69) is 110 Å². The molecule has 0 radical (unpaired) electrons. The van der Waals surface area contributed by atoms with Crippen molar-refractivity contribution >= 4 is 161 Å². The summed E-state index contributed by atoms with van der Waals surface area (Å²) in [5.74, 6) is -5.06. The summed E-state index contributed by atoms with van der Waals surface area (Å²) in [5, 5.41) is 12.7. The molecule has 31 heteroatoms. The number of amides is 4. The molecule has 24 bridgehead atoms. The third kappa shape index (κ3) is 18.4. The summed E-state index contributed by atoms with van der Waals surface area (Å²) < 4.78 is 20.2. The van der Waals surface area contributed by atoms with Crippen LogP contribution in [0.3, 0.4) is 0 Å². The minimum absolute atomic E-state index is 0. The molecule has 18 rings (SSSR count). The van der Waals surface area contributed by atoms with Gasteiger partial charge in [-0.05, 0) is 255 Å². The lowest BCUT2D eigenvalue weighted by Gasteiger charge is -2.27. The number of allylic oxidation sites excluding steroid dienone is 15. The molecule has 10 N–H and O–H groups in total. The first-order valence-electron chi connectivity index (χ1n) is 48.1. The van der Waals surface area contributed by atoms with Crippen molar-refractivity contribution < 1.29 is 67.1 Å². The quantitative estimate of drug-likeness (QED) is 0.00718. The molecular weight excluding hydrogens is 1790 g/mol. The van der Waals surface area contributed by atoms with Crippen LogP contribution >= 0.6 is 0 Å². The van der Waals surface area contributed by atoms with Crippen LogP contribution in [0.15, 0.2) is 92.6 Å². The normalized spacial score (nSPS) is 17.9. The van der Waals surface area contributed by atoms with Gasteiger partial charge in [-0.25, -0.2) is 39.5 Å². The zero-order valence-electron chi connectivity index (χ0n) is 83.1. The molecule has 6 aromatic heterocycles. The number of hydrogen-bond acceptors (Lipinski definition) is 22. The fourth-order valence-electron chi connectivity index (χ4n) is 21.4. The Hall–Kier alpha value is -14.4. The van der Waals surface area contributed by atoms with Crippen LogP contribution in [0.25, 0.3) is 100.0 Å². The lowest BCUT2D eigenvalue weighted by atomic mass is 9.84. The average molecular weight is 1920 g/mol. The van der Waals surface area contributed by atoms with Crippen LogP contribution in [0.1, 0.15) is 385 Å². The second kappa shape index (κ2) is 41.8. The molecule has 740 valence electrons. The Morgan fingerprint density at radius 2 is 0.711 bits per heavy atom. The predicted octanol–water partition coefficient (Wildman–Crippen LogP) is 21.1. The number of hydrogen-bond donors (Lipinski definition) is 9. The fourth-order valence-corrected chi connectivity index (χ4v) is 21.4. The van der Waals surface area contributed by atoms with E-state index in [1.54, 1.807) is 6.82 Å². The largest absolute Gasteiger partial charge is 0.469 e. The van der Waals surface area contributed by atoms with Gasteiger partial charge < -0.3 is 64.8 Å². The highest BCUT2D eigenvalue weighted by Gasteiger charge is 2.45. The third-order valence-electron chi connectivity index (χ3n) is 29.6. The van der Waals surface area contributed by atoms with E-state index in [1.165, 1.54) is 31.1 Å². The number of aromatic nitrogens is 12. The number of nitrogens with one attached hydrogen (secondary N) is 7. The molecule has 0 saturated carbocycles. The van der Waals surface area contributed by atoms with Gasteiger partial charge in [0.15, 0.2) is 0 Å². The summed E-state index contributed by atoms with van der Waals surface area (Å²) in [7, 11) is 3.39. The highest BCUT2D eigenvalue weighted by Crippen LogP contribution is 2.51. The van der Waals surface area contributed by atoms with Crippen LogP contribution in [0, 0.1) is 20.8 Å². The topological polar surface area (TPSA) is 427 Å². The van der Waals surface area contributed by atoms with Gasteiger partial charge in [-0.1, -0.05) is 94.4 Å². The Balaban J connectivity index is 0.000000168. The van der Waals surface area contributed by atoms with Gasteiger partial charge in [0.05, 0.1) is 134 Å². The van der Waals surface area contributed by atoms with Crippen molar-refractivity contribution in [3.63, 3.8) is 0 Å². The van der Waals surface area contributed by atoms with Crippen LogP contribution in [0.2, 0.25) is 6.82 Å². The van der Waals surface area contributed by atoms with Gasteiger partial charge in [-0.2, -0.15) is 0 Å². The molecule has 18 heterocycles. The Bertz CT molecular complexity index is 7320. The van der Waals surface area contributed by atoms with E-state index in [-0.39, 0.29) is 118 Å². The Kier molecular flexibility index (Phi) is 30.4. The number of nitrogens with zero attached hydrogens (tertiary/aromatic N) is 8. The number of esters is 5. The standard InChI is InChI=1S/C38H45BN6O5.C37H42N6O4.C34H34N4O5.2CH4/c1-9-23-19(3)26-16-28-21(5)25(12-13-32(46)50-8)35(43-28)34-36-33(37(47)45(38(34)48)15-11-14-40-39(7)49)22(6)29(44-36)18-31-24(10-2)20(4)27(42-31)17-30(23)41-26;1-8-22-18(3)25-15-27-20(5)24(11-12-31(44)47-7)34(41-27)33-35-32(36(45)43(37(33)46)14-10-13-38)21(6)28(42-35)17-30-23(9-2)19(4)26(40-30)16-29(22)39-25;1-8-19-15(3)22-12-24-17(5)21(10-11-28(39)42-7)31(37-24)30-32-29(33(40)43-34(30)41)18(6)25(38-32)14-27-20(9-2)16(4)23(36-27)13-26(19)35-22;;/h9,16-18,21,25,40,43-44,49H,1,10-15H2,2-8H3;8,15-17,20,24,41-42H,1,9-14,38H2,2-7H3;8,12-14,17,21,37-38H,1,9-11H2,2-7H3;2*1H4/t21-,25-;20-,24-;17-,21-;;/m000../s1. The monoisotopic (exact) mass is 1920 g/mol. The molecule has 142 heavy (non-hydrogen) atoms. The molecule has 0 spiro atoms. The SMILES string of the molecule is C.C.C=CC1=C(C)c2cc3[nH]c(c4c5[nH]c(cc6nc(cc1n2)C(C)=C6CC)c(C)c5C(=O)N(CCCN)C4=O)[C@@H](CCC(=O)OC)[C@@H]3C.C=CC1=C(C)c2cc3[nH]c(c4c5[nH]c(cc6nc(cc1n2)C(C)=C6CC)c(C)c5C(=O)N(CCCNB(C)O)C4=O)[C@@H](CCC(=O)OC)[C@@H]3C.C=CC1=C(C)c2cc3[nH]c(c4c5[nH]c(cc6nc(cc1n2)C(C)=C6CC)c(C)c5C(=O)OC4=O)[C@@H](CCC(=O)OC)[C@@H]3C. The van der Waals surface area contributed by atoms with Crippen molar-refractivity contribution in [2.45, 2.75) is 232 Å². The Morgan fingerprint density at radius 1 is 0.423 bits per heavy atom. The highest BCUT2D eigenvalue weighted by atomic mass is 16.6. The zero-order chi connectivity index (χ0) is 100. The van der Waals surface area contributed by atoms with Crippen molar-refractivity contribution in [2.24, 2.45) is 5.73 Å². The number of carbonyl (C=O) groups excluding carboxylic acids is 9. The molecule has 12 aliphatic heterocycles. The molecule has 6 atom stereocenters. The van der Waals surface area contributed by atoms with Gasteiger partial charge in [0, 0.05) is 135 Å². The van der Waals surface area contributed by atoms with Crippen LogP contribution in [-0.4, -0.2) is 183 Å². The van der Waals surface area contributed by atoms with Crippen molar-refractivity contribution in [1.29, 1.82) is 0 Å². The second-order valence-electron chi connectivity index (χ2n) is 37.4. The van der Waals surface area contributed by atoms with Gasteiger partial charge in [0.2, 0.25) is 0 Å². The number of H-pyrrole nitrogens is 6. The maximum atomic E-state index is 14.6. The van der Waals surface area contributed by atoms with Gasteiger partial charge in [-0.3, -0.25) is 43.4 Å². The molecule has 6 aromatic rings. The average Bonchev–Trinajstić information content (AvgIpc) is 1.57. The highest BCUT2D eigenvalue weighted by molar-refractivity contribution is 6.45. The zero-order valence-corrected chi connectivity index (χ0v) is 83.1. The molecule has 4 amide bonds. The maximum absolute atomic E-state index is 14.6. The van der Waals surface area contributed by atoms with Crippen LogP contribution < -0.4 is 11.0 Å². The number of fused-ring (bicyclic) bond motifs is 24. The number of carbonyl (C=O) groups is 9. The number of aryl methyl sites for hydroxylation is 3. The molecule has 0 saturated heterocycles. The summed E-state index contributed by atoms with van der Waals surface area (Å²) in [5.41, 5.74) is 39.7. The van der Waals surface area contributed by atoms with Crippen molar-refractivity contribution in [3.8, 4) is 0 Å². The number of aromatic amines is 6. The smallest absolute Gasteiger partial charge is 0.373 e. The molecule has 30 nitrogen and oxygen atoms in total. The lowest BCUT2D eigenvalue weighted by Crippen LogP contribution is -2.42. The van der Waals surface area contributed by atoms with E-state index in [4.69, 9.17) is 54.6 Å². The summed E-state index contributed by atoms with van der Waals surface area (Å²) in [4.78, 5) is 175. The van der Waals surface area contributed by atoms with E-state index in [9.17, 15) is 48.2 Å². The first kappa shape index (κ1) is 103. The summed E-state index contributed by atoms with van der Waals surface area (Å²) in [6.07, 6.45) is 10.5. The molecule has 0 unspecified atom stereocenters. The van der Waals surface area contributed by atoms with E-state index >= 15 is 0 Å². The first-order valence-corrected chi connectivity index (χ1v) is 48.1. The van der Waals surface area contributed by atoms with Gasteiger partial charge in [0.25, 0.3) is 23.6 Å². The van der Waals surface area contributed by atoms with Crippen molar-refractivity contribution in [2.75, 3.05) is 47.5 Å². The fraction of sp³-hybridized carbons (Fsp3) is 0.378. The van der Waals surface area contributed by atoms with Crippen LogP contribution in [-0.2, 0) is 33.3 Å². The van der Waals surface area contributed by atoms with E-state index in [1.807, 2.05) is 121 Å². The van der Waals surface area contributed by atoms with Crippen molar-refractivity contribution in [3.05, 3.63) is 245 Å². The number of cyclic esters (lactones) is 2. The van der Waals surface area contributed by atoms with Crippen LogP contribution in [0.5, 0.6) is 0 Å². The lowest BCUT2D eigenvalue weighted by molar-refractivity contribution is -0.141. The minimum atomic E-state index is -0.738. The molecule has 0 aromatic carbocycles. The van der Waals surface area contributed by atoms with E-state index in [0.29, 0.717) is 129 Å². The summed E-state index contributed by atoms with van der Waals surface area (Å²) in [6.45, 7) is 45.3. The molecule has 12 aliphatic rings. The minimum Gasteiger partial charge on any atom is -0.469 e. The second-order valence-corrected chi connectivity index (χ2v) is 37.4. The number of nitrogens with two attached hydrogens (primary N) is 1. The number of rotatable bonds is 23. The molecule has 0 fully saturated rings. The van der Waals surface area contributed by atoms with Crippen LogP contribution in [0.4, 0.5) is 0 Å².